The molecule has 1 unspecified atom stereocenters. The highest BCUT2D eigenvalue weighted by Crippen LogP contribution is 2.14. The van der Waals surface area contributed by atoms with Gasteiger partial charge in [-0.2, -0.15) is 0 Å². The molecular weight excluding hydrogens is 246 g/mol. The normalized spacial score (nSPS) is 11.9. The van der Waals surface area contributed by atoms with Crippen LogP contribution in [0.5, 0.6) is 5.75 Å². The summed E-state index contributed by atoms with van der Waals surface area (Å²) in [7, 11) is 1.65. The van der Waals surface area contributed by atoms with Gasteiger partial charge in [0.15, 0.2) is 5.78 Å². The second-order valence-electron chi connectivity index (χ2n) is 4.10. The molecule has 0 aliphatic carbocycles. The molecule has 19 heavy (non-hydrogen) atoms. The molecule has 0 aliphatic rings. The molecule has 0 amide bonds. The zero-order valence-corrected chi connectivity index (χ0v) is 11.2. The molecule has 104 valence electrons. The second kappa shape index (κ2) is 7.53. The molecule has 5 nitrogen and oxygen atoms in total. The van der Waals surface area contributed by atoms with E-state index in [1.165, 1.54) is 0 Å². The Labute approximate surface area is 112 Å². The highest BCUT2D eigenvalue weighted by Gasteiger charge is 2.19. The van der Waals surface area contributed by atoms with Crippen LogP contribution < -0.4 is 10.1 Å². The van der Waals surface area contributed by atoms with Crippen LogP contribution in [0.15, 0.2) is 24.3 Å². The van der Waals surface area contributed by atoms with Gasteiger partial charge in [0, 0.05) is 12.0 Å². The van der Waals surface area contributed by atoms with Gasteiger partial charge in [-0.15, -0.1) is 0 Å². The van der Waals surface area contributed by atoms with E-state index in [4.69, 9.17) is 9.84 Å². The zero-order valence-electron chi connectivity index (χ0n) is 11.2. The van der Waals surface area contributed by atoms with Crippen LogP contribution in [0.1, 0.15) is 30.1 Å². The van der Waals surface area contributed by atoms with Crippen molar-refractivity contribution in [3.05, 3.63) is 29.8 Å². The molecule has 1 aromatic carbocycles. The van der Waals surface area contributed by atoms with Crippen molar-refractivity contribution in [1.82, 2.24) is 5.32 Å². The highest BCUT2D eigenvalue weighted by atomic mass is 16.5. The molecular formula is C14H19NO4. The molecule has 0 radical (unpaired) electrons. The lowest BCUT2D eigenvalue weighted by Crippen LogP contribution is -2.34. The van der Waals surface area contributed by atoms with Crippen molar-refractivity contribution in [2.24, 2.45) is 0 Å². The van der Waals surface area contributed by atoms with Crippen LogP contribution in [-0.4, -0.2) is 36.6 Å². The number of aliphatic carboxylic acids is 1. The van der Waals surface area contributed by atoms with Crippen molar-refractivity contribution < 1.29 is 19.4 Å². The van der Waals surface area contributed by atoms with Crippen molar-refractivity contribution in [3.63, 3.8) is 0 Å². The fourth-order valence-electron chi connectivity index (χ4n) is 1.76. The standard InChI is InChI=1S/C14H19NO4/c1-3-19-11-6-4-10(5-7-11)14(18)12(15-2)8-9-13(16)17/h4-7,12,15H,3,8-9H2,1-2H3,(H,16,17). The quantitative estimate of drug-likeness (QED) is 0.700. The largest absolute Gasteiger partial charge is 0.494 e. The molecule has 0 saturated heterocycles. The molecule has 0 fully saturated rings. The third-order valence-corrected chi connectivity index (χ3v) is 2.76. The molecule has 0 spiro atoms. The van der Waals surface area contributed by atoms with Gasteiger partial charge in [0.2, 0.25) is 0 Å². The Hall–Kier alpha value is -1.88. The summed E-state index contributed by atoms with van der Waals surface area (Å²) < 4.78 is 5.30. The Bertz CT molecular complexity index is 428. The lowest BCUT2D eigenvalue weighted by Gasteiger charge is -2.14. The molecule has 2 N–H and O–H groups in total. The lowest BCUT2D eigenvalue weighted by atomic mass is 10.0. The summed E-state index contributed by atoms with van der Waals surface area (Å²) in [6, 6.07) is 6.38. The summed E-state index contributed by atoms with van der Waals surface area (Å²) in [5.74, 6) is -0.294. The predicted octanol–water partition coefficient (Wildman–Crippen LogP) is 1.72. The summed E-state index contributed by atoms with van der Waals surface area (Å²) in [4.78, 5) is 22.7. The van der Waals surface area contributed by atoms with Crippen molar-refractivity contribution in [2.45, 2.75) is 25.8 Å². The van der Waals surface area contributed by atoms with Crippen molar-refractivity contribution >= 4 is 11.8 Å². The van der Waals surface area contributed by atoms with E-state index in [2.05, 4.69) is 5.32 Å². The minimum Gasteiger partial charge on any atom is -0.494 e. The fraction of sp³-hybridized carbons (Fsp3) is 0.429. The molecule has 0 bridgehead atoms. The Balaban J connectivity index is 2.70. The van der Waals surface area contributed by atoms with Crippen molar-refractivity contribution in [1.29, 1.82) is 0 Å². The van der Waals surface area contributed by atoms with Gasteiger partial charge in [0.1, 0.15) is 5.75 Å². The smallest absolute Gasteiger partial charge is 0.303 e. The van der Waals surface area contributed by atoms with Gasteiger partial charge in [0.25, 0.3) is 0 Å². The SMILES string of the molecule is CCOc1ccc(C(=O)C(CCC(=O)O)NC)cc1. The van der Waals surface area contributed by atoms with Crippen LogP contribution in [0.4, 0.5) is 0 Å². The minimum absolute atomic E-state index is 0.0335. The number of ether oxygens (including phenoxy) is 1. The van der Waals surface area contributed by atoms with E-state index in [1.54, 1.807) is 31.3 Å². The number of hydrogen-bond acceptors (Lipinski definition) is 4. The molecule has 0 heterocycles. The monoisotopic (exact) mass is 265 g/mol. The first-order chi connectivity index (χ1) is 9.08. The summed E-state index contributed by atoms with van der Waals surface area (Å²) in [5, 5.41) is 11.5. The van der Waals surface area contributed by atoms with E-state index in [9.17, 15) is 9.59 Å². The van der Waals surface area contributed by atoms with E-state index in [0.29, 0.717) is 17.9 Å². The topological polar surface area (TPSA) is 75.6 Å². The van der Waals surface area contributed by atoms with Crippen LogP contribution in [0, 0.1) is 0 Å². The van der Waals surface area contributed by atoms with Crippen molar-refractivity contribution in [3.8, 4) is 5.75 Å². The van der Waals surface area contributed by atoms with Crippen LogP contribution in [0.3, 0.4) is 0 Å². The van der Waals surface area contributed by atoms with Gasteiger partial charge >= 0.3 is 5.97 Å². The maximum Gasteiger partial charge on any atom is 0.303 e. The Morgan fingerprint density at radius 1 is 1.32 bits per heavy atom. The first-order valence-electron chi connectivity index (χ1n) is 6.24. The molecule has 5 heteroatoms. The van der Waals surface area contributed by atoms with E-state index in [0.717, 1.165) is 0 Å². The van der Waals surface area contributed by atoms with E-state index >= 15 is 0 Å². The summed E-state index contributed by atoms with van der Waals surface area (Å²) >= 11 is 0. The lowest BCUT2D eigenvalue weighted by molar-refractivity contribution is -0.137. The van der Waals surface area contributed by atoms with Crippen molar-refractivity contribution in [2.75, 3.05) is 13.7 Å². The number of carbonyl (C=O) groups is 2. The van der Waals surface area contributed by atoms with Gasteiger partial charge in [-0.05, 0) is 44.7 Å². The predicted molar refractivity (Wildman–Crippen MR) is 71.7 cm³/mol. The number of ketones is 1. The Morgan fingerprint density at radius 2 is 1.95 bits per heavy atom. The molecule has 0 aliphatic heterocycles. The number of Topliss-reactive ketones (excluding diaryl/α,β-unsaturated/α-hetero) is 1. The summed E-state index contributed by atoms with van der Waals surface area (Å²) in [6.07, 6.45) is 0.242. The third kappa shape index (κ3) is 4.71. The number of likely N-dealkylation sites (N-methyl/N-ethyl adjacent to an activating group) is 1. The number of benzene rings is 1. The minimum atomic E-state index is -0.903. The third-order valence-electron chi connectivity index (χ3n) is 2.76. The summed E-state index contributed by atoms with van der Waals surface area (Å²) in [5.41, 5.74) is 0.549. The van der Waals surface area contributed by atoms with Gasteiger partial charge in [-0.25, -0.2) is 0 Å². The molecule has 1 atom stereocenters. The number of nitrogens with one attached hydrogen (secondary N) is 1. The average molecular weight is 265 g/mol. The number of carboxylic acids is 1. The van der Waals surface area contributed by atoms with Crippen LogP contribution in [-0.2, 0) is 4.79 Å². The number of hydrogen-bond donors (Lipinski definition) is 2. The van der Waals surface area contributed by atoms with Crippen LogP contribution in [0.2, 0.25) is 0 Å². The maximum absolute atomic E-state index is 12.2. The fourth-order valence-corrected chi connectivity index (χ4v) is 1.76. The highest BCUT2D eigenvalue weighted by molar-refractivity contribution is 6.00. The Morgan fingerprint density at radius 3 is 2.42 bits per heavy atom. The van der Waals surface area contributed by atoms with Crippen LogP contribution >= 0.6 is 0 Å². The molecule has 1 aromatic rings. The zero-order chi connectivity index (χ0) is 14.3. The first kappa shape index (κ1) is 15.2. The van der Waals surface area contributed by atoms with E-state index < -0.39 is 12.0 Å². The molecule has 1 rings (SSSR count). The number of rotatable bonds is 8. The Kier molecular flexibility index (Phi) is 6.02. The molecule has 0 saturated carbocycles. The number of carbonyl (C=O) groups excluding carboxylic acids is 1. The molecule has 0 aromatic heterocycles. The first-order valence-corrected chi connectivity index (χ1v) is 6.24. The van der Waals surface area contributed by atoms with Crippen LogP contribution in [0.25, 0.3) is 0 Å². The maximum atomic E-state index is 12.2. The van der Waals surface area contributed by atoms with E-state index in [-0.39, 0.29) is 18.6 Å². The van der Waals surface area contributed by atoms with E-state index in [1.807, 2.05) is 6.92 Å². The average Bonchev–Trinajstić information content (AvgIpc) is 2.40. The second-order valence-corrected chi connectivity index (χ2v) is 4.10. The summed E-state index contributed by atoms with van der Waals surface area (Å²) in [6.45, 7) is 2.47. The van der Waals surface area contributed by atoms with Gasteiger partial charge < -0.3 is 15.2 Å². The van der Waals surface area contributed by atoms with Gasteiger partial charge in [-0.3, -0.25) is 9.59 Å². The van der Waals surface area contributed by atoms with Gasteiger partial charge in [0.05, 0.1) is 12.6 Å². The van der Waals surface area contributed by atoms with Gasteiger partial charge in [-0.1, -0.05) is 0 Å². The number of carboxylic acid groups (broad SMARTS) is 1.